The first kappa shape index (κ1) is 22.7. The van der Waals surface area contributed by atoms with E-state index in [1.165, 1.54) is 23.9 Å². The molecule has 0 radical (unpaired) electrons. The highest BCUT2D eigenvalue weighted by Crippen LogP contribution is 2.36. The first-order valence-electron chi connectivity index (χ1n) is 10.1. The molecule has 0 aliphatic carbocycles. The van der Waals surface area contributed by atoms with Crippen molar-refractivity contribution in [1.82, 2.24) is 0 Å². The van der Waals surface area contributed by atoms with Crippen LogP contribution in [0.1, 0.15) is 22.3 Å². The van der Waals surface area contributed by atoms with Crippen LogP contribution in [0.4, 0.5) is 11.4 Å². The molecular weight excluding hydrogens is 456 g/mol. The van der Waals surface area contributed by atoms with Gasteiger partial charge in [0.1, 0.15) is 12.4 Å². The number of benzene rings is 3. The van der Waals surface area contributed by atoms with Crippen LogP contribution in [0.3, 0.4) is 0 Å². The molecule has 1 aliphatic rings. The van der Waals surface area contributed by atoms with Crippen molar-refractivity contribution in [1.29, 1.82) is 0 Å². The molecule has 3 aromatic rings. The lowest BCUT2D eigenvalue weighted by atomic mass is 10.1. The van der Waals surface area contributed by atoms with Crippen LogP contribution in [0.2, 0.25) is 0 Å². The summed E-state index contributed by atoms with van der Waals surface area (Å²) in [7, 11) is 0. The van der Waals surface area contributed by atoms with Gasteiger partial charge in [-0.2, -0.15) is 0 Å². The van der Waals surface area contributed by atoms with E-state index in [0.29, 0.717) is 15.0 Å². The Hall–Kier alpha value is -3.49. The topological polar surface area (TPSA) is 72.7 Å². The summed E-state index contributed by atoms with van der Waals surface area (Å²) in [4.78, 5) is 25.5. The number of nitrogens with zero attached hydrogens (tertiary/aromatic N) is 2. The zero-order valence-electron chi connectivity index (χ0n) is 18.0. The quantitative estimate of drug-likeness (QED) is 0.183. The van der Waals surface area contributed by atoms with E-state index in [2.05, 4.69) is 0 Å². The largest absolute Gasteiger partial charge is 0.489 e. The number of rotatable bonds is 6. The number of nitro benzene ring substituents is 1. The van der Waals surface area contributed by atoms with Crippen molar-refractivity contribution in [2.24, 2.45) is 0 Å². The molecule has 0 spiro atoms. The van der Waals surface area contributed by atoms with Gasteiger partial charge in [-0.15, -0.1) is 0 Å². The first-order valence-corrected chi connectivity index (χ1v) is 11.4. The Labute approximate surface area is 201 Å². The van der Waals surface area contributed by atoms with E-state index >= 15 is 0 Å². The van der Waals surface area contributed by atoms with Gasteiger partial charge in [0.2, 0.25) is 0 Å². The summed E-state index contributed by atoms with van der Waals surface area (Å²) >= 11 is 6.75. The van der Waals surface area contributed by atoms with E-state index in [4.69, 9.17) is 17.0 Å². The Kier molecular flexibility index (Phi) is 6.57. The highest BCUT2D eigenvalue weighted by molar-refractivity contribution is 8.27. The predicted molar refractivity (Wildman–Crippen MR) is 135 cm³/mol. The zero-order valence-corrected chi connectivity index (χ0v) is 19.6. The Morgan fingerprint density at radius 3 is 2.52 bits per heavy atom. The fourth-order valence-corrected chi connectivity index (χ4v) is 4.58. The Morgan fingerprint density at radius 1 is 1.06 bits per heavy atom. The number of carbonyl (C=O) groups is 1. The number of thioether (sulfide) groups is 1. The minimum absolute atomic E-state index is 0.0406. The molecule has 33 heavy (non-hydrogen) atoms. The van der Waals surface area contributed by atoms with E-state index in [9.17, 15) is 14.9 Å². The van der Waals surface area contributed by atoms with Gasteiger partial charge in [0.15, 0.2) is 4.32 Å². The fourth-order valence-electron chi connectivity index (χ4n) is 3.28. The zero-order chi connectivity index (χ0) is 23.5. The number of nitro groups is 1. The molecule has 1 aliphatic heterocycles. The molecule has 0 aromatic heterocycles. The van der Waals surface area contributed by atoms with E-state index in [1.807, 2.05) is 56.3 Å². The van der Waals surface area contributed by atoms with Crippen molar-refractivity contribution in [2.75, 3.05) is 4.90 Å². The number of thiocarbonyl (C=S) groups is 1. The first-order chi connectivity index (χ1) is 15.8. The van der Waals surface area contributed by atoms with Crippen LogP contribution in [0.25, 0.3) is 6.08 Å². The van der Waals surface area contributed by atoms with Gasteiger partial charge in [0.05, 0.1) is 15.5 Å². The second-order valence-electron chi connectivity index (χ2n) is 7.57. The number of hydrogen-bond acceptors (Lipinski definition) is 6. The van der Waals surface area contributed by atoms with Crippen LogP contribution in [-0.4, -0.2) is 15.2 Å². The molecule has 0 bridgehead atoms. The van der Waals surface area contributed by atoms with Crippen molar-refractivity contribution < 1.29 is 14.5 Å². The van der Waals surface area contributed by atoms with Crippen molar-refractivity contribution in [2.45, 2.75) is 20.5 Å². The van der Waals surface area contributed by atoms with Gasteiger partial charge in [0, 0.05) is 12.1 Å². The van der Waals surface area contributed by atoms with E-state index < -0.39 is 4.92 Å². The molecule has 1 heterocycles. The van der Waals surface area contributed by atoms with Crippen LogP contribution < -0.4 is 9.64 Å². The predicted octanol–water partition coefficient (Wildman–Crippen LogP) is 6.20. The summed E-state index contributed by atoms with van der Waals surface area (Å²) in [6.45, 7) is 4.31. The maximum atomic E-state index is 13.1. The highest BCUT2D eigenvalue weighted by atomic mass is 32.2. The SMILES string of the molecule is Cc1ccc(N2C(=O)/C(=C\c3cccc(OCc4ccc([N+](=O)[O-])cc4)c3)SC2=S)cc1C. The Balaban J connectivity index is 1.48. The maximum absolute atomic E-state index is 13.1. The molecule has 1 fully saturated rings. The molecule has 4 rings (SSSR count). The van der Waals surface area contributed by atoms with Crippen LogP contribution in [0.5, 0.6) is 5.75 Å². The van der Waals surface area contributed by atoms with Crippen LogP contribution in [0.15, 0.2) is 71.6 Å². The smallest absolute Gasteiger partial charge is 0.270 e. The third kappa shape index (κ3) is 5.13. The number of ether oxygens (including phenoxy) is 1. The Bertz CT molecular complexity index is 1290. The normalized spacial score (nSPS) is 14.7. The number of hydrogen-bond donors (Lipinski definition) is 0. The maximum Gasteiger partial charge on any atom is 0.270 e. The van der Waals surface area contributed by atoms with E-state index in [1.54, 1.807) is 23.1 Å². The summed E-state index contributed by atoms with van der Waals surface area (Å²) in [5, 5.41) is 10.8. The summed E-state index contributed by atoms with van der Waals surface area (Å²) in [6.07, 6.45) is 1.80. The standard InChI is InChI=1S/C25H20N2O4S2/c1-16-6-9-21(12-17(16)2)26-24(28)23(33-25(26)32)14-19-4-3-5-22(13-19)31-15-18-7-10-20(11-8-18)27(29)30/h3-14H,15H2,1-2H3/b23-14+. The van der Waals surface area contributed by atoms with Crippen molar-refractivity contribution in [3.05, 3.63) is 104 Å². The third-order valence-electron chi connectivity index (χ3n) is 5.25. The number of carbonyl (C=O) groups excluding carboxylic acids is 1. The molecule has 3 aromatic carbocycles. The Morgan fingerprint density at radius 2 is 1.82 bits per heavy atom. The fraction of sp³-hybridized carbons (Fsp3) is 0.120. The number of aryl methyl sites for hydroxylation is 2. The van der Waals surface area contributed by atoms with Gasteiger partial charge < -0.3 is 4.74 Å². The summed E-state index contributed by atoms with van der Waals surface area (Å²) in [6, 6.07) is 19.5. The molecule has 1 saturated heterocycles. The highest BCUT2D eigenvalue weighted by Gasteiger charge is 2.33. The minimum Gasteiger partial charge on any atom is -0.489 e. The van der Waals surface area contributed by atoms with Crippen LogP contribution >= 0.6 is 24.0 Å². The van der Waals surface area contributed by atoms with Gasteiger partial charge in [-0.25, -0.2) is 0 Å². The minimum atomic E-state index is -0.434. The summed E-state index contributed by atoms with van der Waals surface area (Å²) in [5.41, 5.74) is 4.70. The second-order valence-corrected chi connectivity index (χ2v) is 9.25. The van der Waals surface area contributed by atoms with Gasteiger partial charge in [-0.1, -0.05) is 42.2 Å². The lowest BCUT2D eigenvalue weighted by Crippen LogP contribution is -2.27. The van der Waals surface area contributed by atoms with E-state index in [-0.39, 0.29) is 18.2 Å². The van der Waals surface area contributed by atoms with Crippen LogP contribution in [-0.2, 0) is 11.4 Å². The van der Waals surface area contributed by atoms with Gasteiger partial charge in [0.25, 0.3) is 11.6 Å². The van der Waals surface area contributed by atoms with Gasteiger partial charge in [-0.3, -0.25) is 19.8 Å². The van der Waals surface area contributed by atoms with Gasteiger partial charge in [-0.05, 0) is 78.6 Å². The number of amides is 1. The van der Waals surface area contributed by atoms with Crippen molar-refractivity contribution >= 4 is 51.7 Å². The third-order valence-corrected chi connectivity index (χ3v) is 6.55. The van der Waals surface area contributed by atoms with Crippen molar-refractivity contribution in [3.8, 4) is 5.75 Å². The molecule has 0 atom stereocenters. The average Bonchev–Trinajstić information content (AvgIpc) is 3.07. The molecular formula is C25H20N2O4S2. The lowest BCUT2D eigenvalue weighted by molar-refractivity contribution is -0.384. The molecule has 6 nitrogen and oxygen atoms in total. The molecule has 166 valence electrons. The molecule has 0 saturated carbocycles. The lowest BCUT2D eigenvalue weighted by Gasteiger charge is -2.15. The number of anilines is 1. The summed E-state index contributed by atoms with van der Waals surface area (Å²) in [5.74, 6) is 0.484. The van der Waals surface area contributed by atoms with Gasteiger partial charge >= 0.3 is 0 Å². The van der Waals surface area contributed by atoms with E-state index in [0.717, 1.165) is 27.9 Å². The van der Waals surface area contributed by atoms with Crippen LogP contribution in [0, 0.1) is 24.0 Å². The average molecular weight is 477 g/mol. The van der Waals surface area contributed by atoms with Crippen molar-refractivity contribution in [3.63, 3.8) is 0 Å². The molecule has 1 amide bonds. The molecule has 0 unspecified atom stereocenters. The number of non-ortho nitro benzene ring substituents is 1. The second kappa shape index (κ2) is 9.56. The summed E-state index contributed by atoms with van der Waals surface area (Å²) < 4.78 is 6.33. The monoisotopic (exact) mass is 476 g/mol. The molecule has 8 heteroatoms. The molecule has 0 N–H and O–H groups in total.